The third-order valence-electron chi connectivity index (χ3n) is 2.43. The molecule has 0 aliphatic heterocycles. The molecule has 0 aliphatic carbocycles. The van der Waals surface area contributed by atoms with Crippen molar-refractivity contribution in [3.8, 4) is 11.8 Å². The standard InChI is InChI=1S/C15H13NO3/c17-13(14-7-4-10-19-14)8-9-15(18)16-11-12-5-2-1-3-6-12/h1-7,10,13,17H,11H2,(H,16,18). The summed E-state index contributed by atoms with van der Waals surface area (Å²) < 4.78 is 4.97. The number of aliphatic hydroxyl groups is 1. The van der Waals surface area contributed by atoms with Crippen LogP contribution in [0.3, 0.4) is 0 Å². The molecule has 1 aromatic heterocycles. The van der Waals surface area contributed by atoms with Crippen molar-refractivity contribution in [2.45, 2.75) is 12.6 Å². The maximum Gasteiger partial charge on any atom is 0.296 e. The molecule has 2 N–H and O–H groups in total. The molecule has 1 unspecified atom stereocenters. The zero-order chi connectivity index (χ0) is 13.5. The lowest BCUT2D eigenvalue weighted by molar-refractivity contribution is -0.115. The normalized spacial score (nSPS) is 11.2. The average molecular weight is 255 g/mol. The first-order valence-electron chi connectivity index (χ1n) is 5.80. The van der Waals surface area contributed by atoms with Gasteiger partial charge in [-0.05, 0) is 23.6 Å². The minimum atomic E-state index is -1.09. The molecule has 0 saturated heterocycles. The molecule has 1 atom stereocenters. The molecule has 96 valence electrons. The van der Waals surface area contributed by atoms with Gasteiger partial charge in [0.1, 0.15) is 5.76 Å². The molecule has 4 heteroatoms. The van der Waals surface area contributed by atoms with E-state index in [0.29, 0.717) is 12.3 Å². The highest BCUT2D eigenvalue weighted by Crippen LogP contribution is 2.10. The number of carbonyl (C=O) groups excluding carboxylic acids is 1. The van der Waals surface area contributed by atoms with E-state index < -0.39 is 12.0 Å². The van der Waals surface area contributed by atoms with E-state index in [4.69, 9.17) is 4.42 Å². The number of hydrogen-bond acceptors (Lipinski definition) is 3. The first kappa shape index (κ1) is 12.9. The number of carbonyl (C=O) groups is 1. The SMILES string of the molecule is O=C(C#CC(O)c1ccco1)NCc1ccccc1. The zero-order valence-corrected chi connectivity index (χ0v) is 10.2. The van der Waals surface area contributed by atoms with Crippen molar-refractivity contribution in [3.63, 3.8) is 0 Å². The van der Waals surface area contributed by atoms with Crippen LogP contribution in [-0.4, -0.2) is 11.0 Å². The Morgan fingerprint density at radius 1 is 1.26 bits per heavy atom. The molecule has 0 spiro atoms. The molecule has 19 heavy (non-hydrogen) atoms. The average Bonchev–Trinajstić information content (AvgIpc) is 2.98. The van der Waals surface area contributed by atoms with Crippen molar-refractivity contribution in [1.82, 2.24) is 5.32 Å². The van der Waals surface area contributed by atoms with E-state index in [9.17, 15) is 9.90 Å². The molecule has 0 radical (unpaired) electrons. The first-order valence-corrected chi connectivity index (χ1v) is 5.80. The summed E-state index contributed by atoms with van der Waals surface area (Å²) in [6.07, 6.45) is 0.355. The number of hydrogen-bond donors (Lipinski definition) is 2. The van der Waals surface area contributed by atoms with Crippen LogP contribution in [0.2, 0.25) is 0 Å². The van der Waals surface area contributed by atoms with Gasteiger partial charge in [-0.15, -0.1) is 0 Å². The Labute approximate surface area is 111 Å². The fourth-order valence-corrected chi connectivity index (χ4v) is 1.47. The zero-order valence-electron chi connectivity index (χ0n) is 10.2. The Hall–Kier alpha value is -2.51. The van der Waals surface area contributed by atoms with Gasteiger partial charge in [0.2, 0.25) is 0 Å². The summed E-state index contributed by atoms with van der Waals surface area (Å²) in [6.45, 7) is 0.408. The predicted molar refractivity (Wildman–Crippen MR) is 69.7 cm³/mol. The first-order chi connectivity index (χ1) is 9.25. The van der Waals surface area contributed by atoms with Crippen LogP contribution in [0, 0.1) is 11.8 Å². The third-order valence-corrected chi connectivity index (χ3v) is 2.43. The number of furan rings is 1. The lowest BCUT2D eigenvalue weighted by atomic mass is 10.2. The molecule has 2 rings (SSSR count). The van der Waals surface area contributed by atoms with Crippen molar-refractivity contribution in [3.05, 3.63) is 60.1 Å². The highest BCUT2D eigenvalue weighted by atomic mass is 16.4. The quantitative estimate of drug-likeness (QED) is 0.819. The van der Waals surface area contributed by atoms with E-state index in [1.807, 2.05) is 30.3 Å². The summed E-state index contributed by atoms with van der Waals surface area (Å²) in [4.78, 5) is 11.5. The van der Waals surface area contributed by atoms with Crippen molar-refractivity contribution in [1.29, 1.82) is 0 Å². The van der Waals surface area contributed by atoms with Crippen LogP contribution >= 0.6 is 0 Å². The van der Waals surface area contributed by atoms with Gasteiger partial charge in [-0.3, -0.25) is 4.79 Å². The van der Waals surface area contributed by atoms with Crippen molar-refractivity contribution >= 4 is 5.91 Å². The van der Waals surface area contributed by atoms with Crippen LogP contribution in [0.25, 0.3) is 0 Å². The fraction of sp³-hybridized carbons (Fsp3) is 0.133. The summed E-state index contributed by atoms with van der Waals surface area (Å²) in [7, 11) is 0. The monoisotopic (exact) mass is 255 g/mol. The van der Waals surface area contributed by atoms with Crippen molar-refractivity contribution in [2.75, 3.05) is 0 Å². The molecule has 2 aromatic rings. The Bertz CT molecular complexity index is 579. The van der Waals surface area contributed by atoms with Gasteiger partial charge in [0, 0.05) is 6.54 Å². The lowest BCUT2D eigenvalue weighted by Crippen LogP contribution is -2.20. The van der Waals surface area contributed by atoms with Crippen molar-refractivity contribution < 1.29 is 14.3 Å². The maximum atomic E-state index is 11.5. The van der Waals surface area contributed by atoms with Gasteiger partial charge < -0.3 is 14.8 Å². The highest BCUT2D eigenvalue weighted by Gasteiger charge is 2.06. The summed E-state index contributed by atoms with van der Waals surface area (Å²) in [6, 6.07) is 12.8. The van der Waals surface area contributed by atoms with Gasteiger partial charge in [0.05, 0.1) is 6.26 Å². The largest absolute Gasteiger partial charge is 0.466 e. The molecular weight excluding hydrogens is 242 g/mol. The van der Waals surface area contributed by atoms with E-state index in [1.165, 1.54) is 6.26 Å². The molecule has 0 aliphatic rings. The highest BCUT2D eigenvalue weighted by molar-refractivity contribution is 5.93. The smallest absolute Gasteiger partial charge is 0.296 e. The van der Waals surface area contributed by atoms with Crippen LogP contribution < -0.4 is 5.32 Å². The number of amides is 1. The maximum absolute atomic E-state index is 11.5. The van der Waals surface area contributed by atoms with E-state index in [2.05, 4.69) is 17.2 Å². The van der Waals surface area contributed by atoms with Gasteiger partial charge in [0.15, 0.2) is 6.10 Å². The van der Waals surface area contributed by atoms with Gasteiger partial charge in [-0.25, -0.2) is 0 Å². The lowest BCUT2D eigenvalue weighted by Gasteiger charge is -2.00. The Balaban J connectivity index is 1.85. The molecule has 1 heterocycles. The number of aliphatic hydroxyl groups excluding tert-OH is 1. The second-order valence-corrected chi connectivity index (χ2v) is 3.86. The van der Waals surface area contributed by atoms with Gasteiger partial charge in [-0.1, -0.05) is 36.3 Å². The molecule has 4 nitrogen and oxygen atoms in total. The van der Waals surface area contributed by atoms with E-state index >= 15 is 0 Å². The van der Waals surface area contributed by atoms with Crippen LogP contribution in [0.5, 0.6) is 0 Å². The van der Waals surface area contributed by atoms with Crippen LogP contribution in [0.4, 0.5) is 0 Å². The minimum Gasteiger partial charge on any atom is -0.466 e. The molecule has 0 fully saturated rings. The second-order valence-electron chi connectivity index (χ2n) is 3.86. The number of nitrogens with one attached hydrogen (secondary N) is 1. The van der Waals surface area contributed by atoms with E-state index in [0.717, 1.165) is 5.56 Å². The summed E-state index contributed by atoms with van der Waals surface area (Å²) in [5.74, 6) is 4.64. The summed E-state index contributed by atoms with van der Waals surface area (Å²) in [5, 5.41) is 12.2. The van der Waals surface area contributed by atoms with Crippen molar-refractivity contribution in [2.24, 2.45) is 0 Å². The third kappa shape index (κ3) is 4.02. The predicted octanol–water partition coefficient (Wildman–Crippen LogP) is 1.63. The summed E-state index contributed by atoms with van der Waals surface area (Å²) >= 11 is 0. The molecular formula is C15H13NO3. The Morgan fingerprint density at radius 2 is 2.05 bits per heavy atom. The topological polar surface area (TPSA) is 62.5 Å². The Kier molecular flexibility index (Phi) is 4.38. The molecule has 1 amide bonds. The van der Waals surface area contributed by atoms with Gasteiger partial charge in [-0.2, -0.15) is 0 Å². The number of benzene rings is 1. The van der Waals surface area contributed by atoms with Crippen LogP contribution in [0.15, 0.2) is 53.1 Å². The fourth-order valence-electron chi connectivity index (χ4n) is 1.47. The van der Waals surface area contributed by atoms with E-state index in [-0.39, 0.29) is 0 Å². The molecule has 0 saturated carbocycles. The van der Waals surface area contributed by atoms with Gasteiger partial charge in [0.25, 0.3) is 5.91 Å². The minimum absolute atomic E-state index is 0.323. The summed E-state index contributed by atoms with van der Waals surface area (Å²) in [5.41, 5.74) is 0.990. The second kappa shape index (κ2) is 6.43. The molecule has 0 bridgehead atoms. The van der Waals surface area contributed by atoms with E-state index in [1.54, 1.807) is 12.1 Å². The van der Waals surface area contributed by atoms with Crippen LogP contribution in [-0.2, 0) is 11.3 Å². The molecule has 1 aromatic carbocycles. The van der Waals surface area contributed by atoms with Crippen LogP contribution in [0.1, 0.15) is 17.4 Å². The van der Waals surface area contributed by atoms with Gasteiger partial charge >= 0.3 is 0 Å². The Morgan fingerprint density at radius 3 is 2.74 bits per heavy atom. The number of rotatable bonds is 3.